The first-order chi connectivity index (χ1) is 13.8. The fraction of sp³-hybridized carbons (Fsp3) is 0.143. The van der Waals surface area contributed by atoms with Gasteiger partial charge in [-0.3, -0.25) is 9.78 Å². The molecule has 2 aromatic heterocycles. The van der Waals surface area contributed by atoms with E-state index < -0.39 is 0 Å². The molecule has 6 nitrogen and oxygen atoms in total. The zero-order valence-corrected chi connectivity index (χ0v) is 16.2. The van der Waals surface area contributed by atoms with Crippen molar-refractivity contribution in [3.8, 4) is 11.4 Å². The maximum absolute atomic E-state index is 12.5. The van der Waals surface area contributed by atoms with Crippen LogP contribution in [0.25, 0.3) is 22.2 Å². The number of fused-ring (bicyclic) bond motifs is 1. The third-order valence-corrected chi connectivity index (χ3v) is 5.32. The fourth-order valence-corrected chi connectivity index (χ4v) is 3.84. The van der Waals surface area contributed by atoms with Crippen LogP contribution in [0.5, 0.6) is 0 Å². The summed E-state index contributed by atoms with van der Waals surface area (Å²) in [5.74, 6) is 0.941. The highest BCUT2D eigenvalue weighted by Gasteiger charge is 2.15. The summed E-state index contributed by atoms with van der Waals surface area (Å²) in [5.41, 5.74) is 1.72. The van der Waals surface area contributed by atoms with Gasteiger partial charge in [-0.1, -0.05) is 48.2 Å². The molecule has 7 heteroatoms. The van der Waals surface area contributed by atoms with E-state index in [-0.39, 0.29) is 11.7 Å². The minimum Gasteiger partial charge on any atom is -0.325 e. The number of benzene rings is 2. The predicted octanol–water partition coefficient (Wildman–Crippen LogP) is 4.24. The molecule has 0 saturated carbocycles. The van der Waals surface area contributed by atoms with Crippen molar-refractivity contribution >= 4 is 34.1 Å². The summed E-state index contributed by atoms with van der Waals surface area (Å²) in [6.45, 7) is 2.74. The Labute approximate surface area is 167 Å². The van der Waals surface area contributed by atoms with E-state index in [4.69, 9.17) is 0 Å². The van der Waals surface area contributed by atoms with Crippen molar-refractivity contribution in [2.45, 2.75) is 18.6 Å². The molecule has 0 spiro atoms. The first kappa shape index (κ1) is 18.2. The van der Waals surface area contributed by atoms with E-state index >= 15 is 0 Å². The molecule has 0 atom stereocenters. The smallest absolute Gasteiger partial charge is 0.234 e. The number of aromatic nitrogens is 4. The molecule has 0 saturated heterocycles. The molecule has 140 valence electrons. The molecule has 0 aliphatic heterocycles. The molecule has 0 radical (unpaired) electrons. The molecule has 0 aliphatic rings. The highest BCUT2D eigenvalue weighted by molar-refractivity contribution is 7.99. The number of thioether (sulfide) groups is 1. The monoisotopic (exact) mass is 389 g/mol. The molecule has 28 heavy (non-hydrogen) atoms. The van der Waals surface area contributed by atoms with Crippen molar-refractivity contribution in [1.29, 1.82) is 0 Å². The lowest BCUT2D eigenvalue weighted by atomic mass is 10.1. The van der Waals surface area contributed by atoms with E-state index in [1.165, 1.54) is 11.8 Å². The van der Waals surface area contributed by atoms with E-state index in [0.717, 1.165) is 33.0 Å². The second-order valence-corrected chi connectivity index (χ2v) is 7.10. The van der Waals surface area contributed by atoms with Gasteiger partial charge >= 0.3 is 0 Å². The highest BCUT2D eigenvalue weighted by atomic mass is 32.2. The largest absolute Gasteiger partial charge is 0.325 e. The molecule has 2 aromatic carbocycles. The van der Waals surface area contributed by atoms with Crippen LogP contribution in [0.4, 0.5) is 5.69 Å². The van der Waals surface area contributed by atoms with E-state index in [1.807, 2.05) is 66.1 Å². The van der Waals surface area contributed by atoms with Crippen LogP contribution in [0.15, 0.2) is 72.1 Å². The van der Waals surface area contributed by atoms with Crippen molar-refractivity contribution in [3.05, 3.63) is 67.0 Å². The van der Waals surface area contributed by atoms with Crippen molar-refractivity contribution in [2.75, 3.05) is 11.1 Å². The highest BCUT2D eigenvalue weighted by Crippen LogP contribution is 2.25. The van der Waals surface area contributed by atoms with Gasteiger partial charge in [0.05, 0.1) is 5.75 Å². The summed E-state index contributed by atoms with van der Waals surface area (Å²) in [7, 11) is 0. The zero-order valence-electron chi connectivity index (χ0n) is 15.4. The van der Waals surface area contributed by atoms with Crippen LogP contribution in [-0.4, -0.2) is 31.4 Å². The Morgan fingerprint density at radius 3 is 2.75 bits per heavy atom. The van der Waals surface area contributed by atoms with Crippen LogP contribution < -0.4 is 5.32 Å². The minimum absolute atomic E-state index is 0.0741. The Bertz CT molecular complexity index is 1100. The van der Waals surface area contributed by atoms with E-state index in [9.17, 15) is 4.79 Å². The van der Waals surface area contributed by atoms with E-state index in [1.54, 1.807) is 12.4 Å². The first-order valence-electron chi connectivity index (χ1n) is 9.00. The SMILES string of the molecule is CCn1c(SCC(=O)Nc2cccc3ccccc23)nnc1-c1cccnc1. The number of amides is 1. The summed E-state index contributed by atoms with van der Waals surface area (Å²) < 4.78 is 1.99. The number of carbonyl (C=O) groups excluding carboxylic acids is 1. The molecule has 0 fully saturated rings. The number of anilines is 1. The van der Waals surface area contributed by atoms with Gasteiger partial charge in [-0.2, -0.15) is 0 Å². The number of nitrogens with zero attached hydrogens (tertiary/aromatic N) is 4. The Balaban J connectivity index is 1.47. The number of nitrogens with one attached hydrogen (secondary N) is 1. The lowest BCUT2D eigenvalue weighted by molar-refractivity contribution is -0.113. The van der Waals surface area contributed by atoms with Crippen LogP contribution in [-0.2, 0) is 11.3 Å². The van der Waals surface area contributed by atoms with Gasteiger partial charge in [0.25, 0.3) is 0 Å². The van der Waals surface area contributed by atoms with Crippen LogP contribution in [0.1, 0.15) is 6.92 Å². The lowest BCUT2D eigenvalue weighted by Gasteiger charge is -2.09. The second kappa shape index (κ2) is 8.22. The molecule has 4 rings (SSSR count). The normalized spacial score (nSPS) is 10.9. The predicted molar refractivity (Wildman–Crippen MR) is 112 cm³/mol. The first-order valence-corrected chi connectivity index (χ1v) is 9.99. The average Bonchev–Trinajstić information content (AvgIpc) is 3.16. The molecular formula is C21H19N5OS. The van der Waals surface area contributed by atoms with Crippen LogP contribution in [0, 0.1) is 0 Å². The van der Waals surface area contributed by atoms with Gasteiger partial charge < -0.3 is 9.88 Å². The van der Waals surface area contributed by atoms with Crippen LogP contribution >= 0.6 is 11.8 Å². The quantitative estimate of drug-likeness (QED) is 0.499. The van der Waals surface area contributed by atoms with Crippen molar-refractivity contribution < 1.29 is 4.79 Å². The summed E-state index contributed by atoms with van der Waals surface area (Å²) in [5, 5.41) is 14.4. The number of carbonyl (C=O) groups is 1. The maximum atomic E-state index is 12.5. The topological polar surface area (TPSA) is 72.7 Å². The number of hydrogen-bond donors (Lipinski definition) is 1. The van der Waals surface area contributed by atoms with Gasteiger partial charge in [0.2, 0.25) is 5.91 Å². The van der Waals surface area contributed by atoms with Gasteiger partial charge in [0.15, 0.2) is 11.0 Å². The van der Waals surface area contributed by atoms with Gasteiger partial charge in [-0.15, -0.1) is 10.2 Å². The third kappa shape index (κ3) is 3.75. The summed E-state index contributed by atoms with van der Waals surface area (Å²) in [6, 6.07) is 17.7. The van der Waals surface area contributed by atoms with Crippen molar-refractivity contribution in [2.24, 2.45) is 0 Å². The maximum Gasteiger partial charge on any atom is 0.234 e. The zero-order chi connectivity index (χ0) is 19.3. The van der Waals surface area contributed by atoms with E-state index in [0.29, 0.717) is 6.54 Å². The Hall–Kier alpha value is -3.19. The van der Waals surface area contributed by atoms with E-state index in [2.05, 4.69) is 20.5 Å². The second-order valence-electron chi connectivity index (χ2n) is 6.16. The molecule has 2 heterocycles. The van der Waals surface area contributed by atoms with Gasteiger partial charge in [-0.05, 0) is 30.5 Å². The van der Waals surface area contributed by atoms with Gasteiger partial charge in [0.1, 0.15) is 0 Å². The third-order valence-electron chi connectivity index (χ3n) is 4.35. The number of hydrogen-bond acceptors (Lipinski definition) is 5. The lowest BCUT2D eigenvalue weighted by Crippen LogP contribution is -2.15. The Kier molecular flexibility index (Phi) is 5.34. The minimum atomic E-state index is -0.0741. The van der Waals surface area contributed by atoms with Gasteiger partial charge in [0, 0.05) is 35.6 Å². The van der Waals surface area contributed by atoms with Crippen molar-refractivity contribution in [1.82, 2.24) is 19.7 Å². The summed E-state index contributed by atoms with van der Waals surface area (Å²) >= 11 is 1.38. The Morgan fingerprint density at radius 1 is 1.07 bits per heavy atom. The summed E-state index contributed by atoms with van der Waals surface area (Å²) in [6.07, 6.45) is 3.49. The molecule has 0 unspecified atom stereocenters. The average molecular weight is 389 g/mol. The molecule has 0 aliphatic carbocycles. The van der Waals surface area contributed by atoms with Gasteiger partial charge in [-0.25, -0.2) is 0 Å². The number of rotatable bonds is 6. The molecule has 1 N–H and O–H groups in total. The number of pyridine rings is 1. The van der Waals surface area contributed by atoms with Crippen molar-refractivity contribution in [3.63, 3.8) is 0 Å². The summed E-state index contributed by atoms with van der Waals surface area (Å²) in [4.78, 5) is 16.6. The standard InChI is InChI=1S/C21H19N5OS/c1-2-26-20(16-9-6-12-22-13-16)24-25-21(26)28-14-19(27)23-18-11-5-8-15-7-3-4-10-17(15)18/h3-13H,2,14H2,1H3,(H,23,27). The van der Waals surface area contributed by atoms with Crippen LogP contribution in [0.2, 0.25) is 0 Å². The Morgan fingerprint density at radius 2 is 1.93 bits per heavy atom. The molecule has 1 amide bonds. The fourth-order valence-electron chi connectivity index (χ4n) is 3.04. The molecule has 4 aromatic rings. The van der Waals surface area contributed by atoms with Crippen LogP contribution in [0.3, 0.4) is 0 Å². The molecular weight excluding hydrogens is 370 g/mol. The molecule has 0 bridgehead atoms.